The lowest BCUT2D eigenvalue weighted by Gasteiger charge is -2.11. The average molecular weight is 343 g/mol. The number of ketones is 1. The van der Waals surface area contributed by atoms with Crippen LogP contribution in [0.3, 0.4) is 0 Å². The number of thiazole rings is 1. The fraction of sp³-hybridized carbons (Fsp3) is 0.389. The van der Waals surface area contributed by atoms with E-state index < -0.39 is 0 Å². The van der Waals surface area contributed by atoms with E-state index in [9.17, 15) is 9.59 Å². The zero-order chi connectivity index (χ0) is 16.9. The lowest BCUT2D eigenvalue weighted by atomic mass is 10.1. The van der Waals surface area contributed by atoms with Crippen molar-refractivity contribution >= 4 is 28.7 Å². The predicted molar refractivity (Wildman–Crippen MR) is 95.4 cm³/mol. The molecule has 1 aliphatic rings. The molecule has 1 amide bonds. The smallest absolute Gasteiger partial charge is 0.230 e. The van der Waals surface area contributed by atoms with Gasteiger partial charge in [-0.1, -0.05) is 12.1 Å². The molecule has 3 rings (SSSR count). The molecule has 0 saturated carbocycles. The molecule has 1 N–H and O–H groups in total. The molecule has 1 aromatic heterocycles. The van der Waals surface area contributed by atoms with E-state index in [1.165, 1.54) is 19.8 Å². The van der Waals surface area contributed by atoms with Crippen molar-refractivity contribution in [2.75, 3.05) is 18.4 Å². The monoisotopic (exact) mass is 343 g/mol. The highest BCUT2D eigenvalue weighted by Gasteiger charge is 2.14. The molecule has 1 aliphatic heterocycles. The van der Waals surface area contributed by atoms with Gasteiger partial charge in [-0.2, -0.15) is 0 Å². The SMILES string of the molecule is CC(=O)c1cccc(NC(=O)Cc2csc(CN3CCCC3)n2)c1. The van der Waals surface area contributed by atoms with Crippen molar-refractivity contribution in [2.24, 2.45) is 0 Å². The van der Waals surface area contributed by atoms with E-state index in [0.717, 1.165) is 30.3 Å². The topological polar surface area (TPSA) is 62.3 Å². The van der Waals surface area contributed by atoms with Gasteiger partial charge < -0.3 is 5.32 Å². The van der Waals surface area contributed by atoms with Crippen LogP contribution in [-0.4, -0.2) is 34.7 Å². The van der Waals surface area contributed by atoms with Crippen LogP contribution in [0, 0.1) is 0 Å². The molecule has 6 heteroatoms. The van der Waals surface area contributed by atoms with Gasteiger partial charge >= 0.3 is 0 Å². The third kappa shape index (κ3) is 4.49. The van der Waals surface area contributed by atoms with Gasteiger partial charge in [0.1, 0.15) is 5.01 Å². The first kappa shape index (κ1) is 16.8. The van der Waals surface area contributed by atoms with Gasteiger partial charge in [0.25, 0.3) is 0 Å². The summed E-state index contributed by atoms with van der Waals surface area (Å²) >= 11 is 1.61. The number of aromatic nitrogens is 1. The molecular weight excluding hydrogens is 322 g/mol. The second kappa shape index (κ2) is 7.68. The van der Waals surface area contributed by atoms with Crippen LogP contribution in [0.2, 0.25) is 0 Å². The van der Waals surface area contributed by atoms with Crippen LogP contribution in [0.25, 0.3) is 0 Å². The summed E-state index contributed by atoms with van der Waals surface area (Å²) in [6.45, 7) is 4.68. The van der Waals surface area contributed by atoms with E-state index in [4.69, 9.17) is 0 Å². The third-order valence-electron chi connectivity index (χ3n) is 4.05. The normalized spacial score (nSPS) is 14.7. The number of benzene rings is 1. The molecule has 0 atom stereocenters. The number of hydrogen-bond donors (Lipinski definition) is 1. The number of nitrogens with zero attached hydrogens (tertiary/aromatic N) is 2. The zero-order valence-electron chi connectivity index (χ0n) is 13.7. The molecule has 0 unspecified atom stereocenters. The van der Waals surface area contributed by atoms with Crippen molar-refractivity contribution < 1.29 is 9.59 Å². The maximum atomic E-state index is 12.2. The molecule has 2 aromatic rings. The molecule has 126 valence electrons. The van der Waals surface area contributed by atoms with Gasteiger partial charge in [-0.3, -0.25) is 14.5 Å². The minimum atomic E-state index is -0.117. The van der Waals surface area contributed by atoms with Gasteiger partial charge in [0.15, 0.2) is 5.78 Å². The van der Waals surface area contributed by atoms with Crippen LogP contribution in [0.5, 0.6) is 0 Å². The maximum Gasteiger partial charge on any atom is 0.230 e. The number of carbonyl (C=O) groups excluding carboxylic acids is 2. The second-order valence-electron chi connectivity index (χ2n) is 6.08. The van der Waals surface area contributed by atoms with Gasteiger partial charge in [-0.15, -0.1) is 11.3 Å². The number of carbonyl (C=O) groups is 2. The largest absolute Gasteiger partial charge is 0.326 e. The minimum Gasteiger partial charge on any atom is -0.326 e. The third-order valence-corrected chi connectivity index (χ3v) is 4.93. The van der Waals surface area contributed by atoms with Crippen LogP contribution in [0.15, 0.2) is 29.6 Å². The molecule has 0 bridgehead atoms. The van der Waals surface area contributed by atoms with E-state index in [1.807, 2.05) is 5.38 Å². The van der Waals surface area contributed by atoms with Crippen LogP contribution in [0.4, 0.5) is 5.69 Å². The first-order chi connectivity index (χ1) is 11.6. The summed E-state index contributed by atoms with van der Waals surface area (Å²) < 4.78 is 0. The average Bonchev–Trinajstić information content (AvgIpc) is 3.20. The van der Waals surface area contributed by atoms with Crippen LogP contribution < -0.4 is 5.32 Å². The number of rotatable bonds is 6. The lowest BCUT2D eigenvalue weighted by Crippen LogP contribution is -2.18. The van der Waals surface area contributed by atoms with E-state index >= 15 is 0 Å². The maximum absolute atomic E-state index is 12.2. The van der Waals surface area contributed by atoms with Crippen LogP contribution in [-0.2, 0) is 17.8 Å². The Morgan fingerprint density at radius 1 is 1.29 bits per heavy atom. The molecule has 0 spiro atoms. The molecule has 0 aliphatic carbocycles. The predicted octanol–water partition coefficient (Wildman–Crippen LogP) is 3.12. The van der Waals surface area contributed by atoms with E-state index in [0.29, 0.717) is 11.3 Å². The molecule has 1 aromatic carbocycles. The molecule has 2 heterocycles. The Bertz CT molecular complexity index is 735. The highest BCUT2D eigenvalue weighted by molar-refractivity contribution is 7.09. The summed E-state index contributed by atoms with van der Waals surface area (Å²) in [6, 6.07) is 6.98. The van der Waals surface area contributed by atoms with E-state index in [2.05, 4.69) is 15.2 Å². The van der Waals surface area contributed by atoms with Crippen molar-refractivity contribution in [3.8, 4) is 0 Å². The molecule has 1 saturated heterocycles. The Hall–Kier alpha value is -2.05. The summed E-state index contributed by atoms with van der Waals surface area (Å²) in [5, 5.41) is 5.85. The highest BCUT2D eigenvalue weighted by atomic mass is 32.1. The Morgan fingerprint density at radius 2 is 2.08 bits per heavy atom. The van der Waals surface area contributed by atoms with E-state index in [1.54, 1.807) is 35.6 Å². The number of hydrogen-bond acceptors (Lipinski definition) is 5. The van der Waals surface area contributed by atoms with Gasteiger partial charge in [-0.05, 0) is 45.0 Å². The van der Waals surface area contributed by atoms with Crippen molar-refractivity contribution in [1.82, 2.24) is 9.88 Å². The fourth-order valence-electron chi connectivity index (χ4n) is 2.82. The van der Waals surface area contributed by atoms with Crippen LogP contribution in [0.1, 0.15) is 40.8 Å². The Balaban J connectivity index is 1.56. The Labute approximate surface area is 145 Å². The number of nitrogens with one attached hydrogen (secondary N) is 1. The standard InChI is InChI=1S/C18H21N3O2S/c1-13(22)14-5-4-6-15(9-14)19-17(23)10-16-12-24-18(20-16)11-21-7-2-3-8-21/h4-6,9,12H,2-3,7-8,10-11H2,1H3,(H,19,23). The van der Waals surface area contributed by atoms with Crippen molar-refractivity contribution in [2.45, 2.75) is 32.7 Å². The molecule has 1 fully saturated rings. The van der Waals surface area contributed by atoms with Gasteiger partial charge in [0.05, 0.1) is 18.7 Å². The fourth-order valence-corrected chi connectivity index (χ4v) is 3.66. The highest BCUT2D eigenvalue weighted by Crippen LogP contribution is 2.17. The van der Waals surface area contributed by atoms with Gasteiger partial charge in [-0.25, -0.2) is 4.98 Å². The first-order valence-electron chi connectivity index (χ1n) is 8.16. The number of Topliss-reactive ketones (excluding diaryl/α,β-unsaturated/α-hetero) is 1. The molecule has 0 radical (unpaired) electrons. The quantitative estimate of drug-likeness (QED) is 0.819. The Kier molecular flexibility index (Phi) is 5.37. The van der Waals surface area contributed by atoms with Gasteiger partial charge in [0, 0.05) is 16.6 Å². The molecule has 24 heavy (non-hydrogen) atoms. The number of amides is 1. The van der Waals surface area contributed by atoms with Crippen molar-refractivity contribution in [3.63, 3.8) is 0 Å². The number of anilines is 1. The molecular formula is C18H21N3O2S. The number of likely N-dealkylation sites (tertiary alicyclic amines) is 1. The Morgan fingerprint density at radius 3 is 2.83 bits per heavy atom. The summed E-state index contributed by atoms with van der Waals surface area (Å²) in [6.07, 6.45) is 2.78. The molecule has 5 nitrogen and oxygen atoms in total. The summed E-state index contributed by atoms with van der Waals surface area (Å²) in [5.74, 6) is -0.133. The summed E-state index contributed by atoms with van der Waals surface area (Å²) in [7, 11) is 0. The minimum absolute atomic E-state index is 0.0165. The second-order valence-corrected chi connectivity index (χ2v) is 7.02. The van der Waals surface area contributed by atoms with Crippen molar-refractivity contribution in [3.05, 3.63) is 45.9 Å². The summed E-state index contributed by atoms with van der Waals surface area (Å²) in [5.41, 5.74) is 2.03. The first-order valence-corrected chi connectivity index (χ1v) is 9.04. The van der Waals surface area contributed by atoms with Gasteiger partial charge in [0.2, 0.25) is 5.91 Å². The zero-order valence-corrected chi connectivity index (χ0v) is 14.6. The van der Waals surface area contributed by atoms with Crippen LogP contribution >= 0.6 is 11.3 Å². The summed E-state index contributed by atoms with van der Waals surface area (Å²) in [4.78, 5) is 30.5. The van der Waals surface area contributed by atoms with Crippen molar-refractivity contribution in [1.29, 1.82) is 0 Å². The lowest BCUT2D eigenvalue weighted by molar-refractivity contribution is -0.115. The van der Waals surface area contributed by atoms with E-state index in [-0.39, 0.29) is 18.1 Å².